The van der Waals surface area contributed by atoms with E-state index in [-0.39, 0.29) is 29.8 Å². The molecule has 0 atom stereocenters. The van der Waals surface area contributed by atoms with Crippen molar-refractivity contribution >= 4 is 30.1 Å². The number of rotatable bonds is 11. The third-order valence-electron chi connectivity index (χ3n) is 7.57. The zero-order valence-corrected chi connectivity index (χ0v) is 22.2. The van der Waals surface area contributed by atoms with Crippen molar-refractivity contribution in [1.82, 2.24) is 10.5 Å². The predicted octanol–water partition coefficient (Wildman–Crippen LogP) is 5.54. The number of hydrogen-bond donors (Lipinski definition) is 2. The molecular weight excluding hydrogens is 458 g/mol. The van der Waals surface area contributed by atoms with Crippen LogP contribution in [-0.2, 0) is 0 Å². The number of carbonyl (C=O) groups is 1. The number of carbonyl (C=O) groups excluding carboxylic acids is 1. The highest BCUT2D eigenvalue weighted by molar-refractivity contribution is 7.99. The quantitative estimate of drug-likeness (QED) is 0.388. The van der Waals surface area contributed by atoms with E-state index in [1.54, 1.807) is 11.8 Å². The van der Waals surface area contributed by atoms with Gasteiger partial charge in [0.2, 0.25) is 5.76 Å². The molecule has 1 amide bonds. The Balaban J connectivity index is 0.00000306. The van der Waals surface area contributed by atoms with Crippen LogP contribution in [0.1, 0.15) is 83.2 Å². The summed E-state index contributed by atoms with van der Waals surface area (Å²) >= 11 is 1.61. The molecule has 0 saturated heterocycles. The summed E-state index contributed by atoms with van der Waals surface area (Å²) in [6.07, 6.45) is 8.45. The molecule has 33 heavy (non-hydrogen) atoms. The zero-order valence-electron chi connectivity index (χ0n) is 20.6. The number of nitrogens with zero attached hydrogens (tertiary/aromatic N) is 1. The molecule has 8 heteroatoms. The van der Waals surface area contributed by atoms with Crippen LogP contribution in [0.25, 0.3) is 0 Å². The molecule has 0 aliphatic heterocycles. The second-order valence-electron chi connectivity index (χ2n) is 11.6. The summed E-state index contributed by atoms with van der Waals surface area (Å²) in [6.45, 7) is 9.88. The first kappa shape index (κ1) is 26.7. The van der Waals surface area contributed by atoms with E-state index >= 15 is 0 Å². The maximum atomic E-state index is 13.3. The lowest BCUT2D eigenvalue weighted by molar-refractivity contribution is -0.0124. The van der Waals surface area contributed by atoms with Crippen LogP contribution in [0.4, 0.5) is 0 Å². The predicted molar refractivity (Wildman–Crippen MR) is 135 cm³/mol. The number of amides is 1. The Morgan fingerprint density at radius 3 is 2.42 bits per heavy atom. The molecule has 0 unspecified atom stereocenters. The van der Waals surface area contributed by atoms with E-state index < -0.39 is 0 Å². The van der Waals surface area contributed by atoms with E-state index in [0.29, 0.717) is 42.5 Å². The molecule has 4 aliphatic carbocycles. The molecule has 1 heterocycles. The van der Waals surface area contributed by atoms with Gasteiger partial charge in [0.05, 0.1) is 6.61 Å². The van der Waals surface area contributed by atoms with Crippen LogP contribution in [-0.4, -0.2) is 36.0 Å². The number of hydrogen-bond acceptors (Lipinski definition) is 6. The highest BCUT2D eigenvalue weighted by Crippen LogP contribution is 2.53. The average molecular weight is 500 g/mol. The molecule has 6 nitrogen and oxygen atoms in total. The first-order chi connectivity index (χ1) is 15.3. The summed E-state index contributed by atoms with van der Waals surface area (Å²) in [5.74, 6) is 5.04. The number of nitrogens with two attached hydrogens (primary N) is 1. The van der Waals surface area contributed by atoms with Crippen LogP contribution in [0.3, 0.4) is 0 Å². The van der Waals surface area contributed by atoms with Crippen molar-refractivity contribution in [1.29, 1.82) is 0 Å². The second kappa shape index (κ2) is 11.2. The molecule has 0 spiro atoms. The van der Waals surface area contributed by atoms with Gasteiger partial charge >= 0.3 is 0 Å². The molecule has 4 bridgehead atoms. The third-order valence-corrected chi connectivity index (χ3v) is 9.05. The van der Waals surface area contributed by atoms with Crippen LogP contribution in [0.5, 0.6) is 5.88 Å². The first-order valence-corrected chi connectivity index (χ1v) is 13.5. The van der Waals surface area contributed by atoms with Gasteiger partial charge in [-0.15, -0.1) is 24.2 Å². The summed E-state index contributed by atoms with van der Waals surface area (Å²) in [5, 5.41) is 7.54. The maximum Gasteiger partial charge on any atom is 0.291 e. The van der Waals surface area contributed by atoms with Crippen molar-refractivity contribution in [2.45, 2.75) is 83.6 Å². The largest absolute Gasteiger partial charge is 0.474 e. The van der Waals surface area contributed by atoms with E-state index in [4.69, 9.17) is 15.0 Å². The summed E-state index contributed by atoms with van der Waals surface area (Å²) in [5.41, 5.74) is 5.66. The van der Waals surface area contributed by atoms with Gasteiger partial charge < -0.3 is 20.3 Å². The van der Waals surface area contributed by atoms with Gasteiger partial charge in [-0.1, -0.05) is 27.7 Å². The Morgan fingerprint density at radius 1 is 1.21 bits per heavy atom. The Kier molecular flexibility index (Phi) is 9.07. The number of thioether (sulfide) groups is 1. The van der Waals surface area contributed by atoms with Crippen LogP contribution >= 0.6 is 24.2 Å². The topological polar surface area (TPSA) is 90.4 Å². The molecule has 3 N–H and O–H groups in total. The summed E-state index contributed by atoms with van der Waals surface area (Å²) in [7, 11) is 0. The summed E-state index contributed by atoms with van der Waals surface area (Å²) < 4.78 is 11.7. The molecule has 0 radical (unpaired) electrons. The van der Waals surface area contributed by atoms with E-state index in [1.807, 2.05) is 0 Å². The van der Waals surface area contributed by atoms with E-state index in [9.17, 15) is 4.79 Å². The monoisotopic (exact) mass is 499 g/mol. The first-order valence-electron chi connectivity index (χ1n) is 12.5. The highest BCUT2D eigenvalue weighted by atomic mass is 35.5. The normalized spacial score (nSPS) is 28.1. The molecule has 4 saturated carbocycles. The van der Waals surface area contributed by atoms with Crippen molar-refractivity contribution < 1.29 is 14.1 Å². The fourth-order valence-corrected chi connectivity index (χ4v) is 7.16. The minimum Gasteiger partial charge on any atom is -0.474 e. The van der Waals surface area contributed by atoms with Crippen LogP contribution < -0.4 is 15.8 Å². The third kappa shape index (κ3) is 6.40. The number of nitrogens with one attached hydrogen (secondary N) is 1. The van der Waals surface area contributed by atoms with Gasteiger partial charge in [-0.3, -0.25) is 4.79 Å². The molecule has 0 aromatic carbocycles. The van der Waals surface area contributed by atoms with Gasteiger partial charge in [-0.05, 0) is 91.7 Å². The molecule has 188 valence electrons. The Hall–Kier alpha value is -0.920. The summed E-state index contributed by atoms with van der Waals surface area (Å²) in [4.78, 5) is 14.1. The zero-order chi connectivity index (χ0) is 22.9. The fourth-order valence-electron chi connectivity index (χ4n) is 6.18. The Labute approximate surface area is 209 Å². The molecule has 1 aromatic heterocycles. The smallest absolute Gasteiger partial charge is 0.291 e. The van der Waals surface area contributed by atoms with Gasteiger partial charge in [0.15, 0.2) is 0 Å². The lowest BCUT2D eigenvalue weighted by Crippen LogP contribution is -2.55. The standard InChI is InChI=1S/C25H41N3O3S.ClH/c1-15(2)13-32-22-21(31-28-24(22)30-14-25(3,4)6-5-7-26)23(29)27-20-18-9-16-8-17(11-18)12-19(20)10-16;/h15-20H,5-14,26H2,1-4H3,(H,27,29);1H. The Morgan fingerprint density at radius 2 is 1.85 bits per heavy atom. The molecule has 5 rings (SSSR count). The van der Waals surface area contributed by atoms with Crippen LogP contribution in [0, 0.1) is 35.0 Å². The summed E-state index contributed by atoms with van der Waals surface area (Å²) in [6, 6.07) is 0.280. The van der Waals surface area contributed by atoms with Gasteiger partial charge in [-0.2, -0.15) is 0 Å². The molecule has 1 aromatic rings. The van der Waals surface area contributed by atoms with Crippen LogP contribution in [0.15, 0.2) is 9.42 Å². The van der Waals surface area contributed by atoms with Gasteiger partial charge in [0, 0.05) is 11.8 Å². The van der Waals surface area contributed by atoms with Crippen molar-refractivity contribution in [2.75, 3.05) is 18.9 Å². The van der Waals surface area contributed by atoms with Crippen molar-refractivity contribution in [3.05, 3.63) is 5.76 Å². The van der Waals surface area contributed by atoms with E-state index in [2.05, 4.69) is 38.2 Å². The van der Waals surface area contributed by atoms with Gasteiger partial charge in [0.1, 0.15) is 4.90 Å². The van der Waals surface area contributed by atoms with Gasteiger partial charge in [0.25, 0.3) is 11.8 Å². The SMILES string of the molecule is CC(C)CSc1c(OCC(C)(C)CCCN)noc1C(=O)NC1C2CC3CC(C2)CC1C3.Cl. The highest BCUT2D eigenvalue weighted by Gasteiger charge is 2.49. The van der Waals surface area contributed by atoms with Crippen molar-refractivity contribution in [3.63, 3.8) is 0 Å². The second-order valence-corrected chi connectivity index (χ2v) is 12.7. The van der Waals surface area contributed by atoms with Crippen LogP contribution in [0.2, 0.25) is 0 Å². The minimum absolute atomic E-state index is 0. The fraction of sp³-hybridized carbons (Fsp3) is 0.840. The van der Waals surface area contributed by atoms with Crippen molar-refractivity contribution in [2.24, 2.45) is 40.7 Å². The molecule has 4 fully saturated rings. The Bertz CT molecular complexity index is 770. The lowest BCUT2D eigenvalue weighted by Gasteiger charge is -2.54. The lowest BCUT2D eigenvalue weighted by atomic mass is 9.54. The number of ether oxygens (including phenoxy) is 1. The minimum atomic E-state index is -0.126. The van der Waals surface area contributed by atoms with E-state index in [1.165, 1.54) is 32.1 Å². The number of halogens is 1. The van der Waals surface area contributed by atoms with E-state index in [0.717, 1.165) is 35.3 Å². The average Bonchev–Trinajstić information content (AvgIpc) is 3.14. The molecule has 4 aliphatic rings. The van der Waals surface area contributed by atoms with Crippen molar-refractivity contribution in [3.8, 4) is 5.88 Å². The maximum absolute atomic E-state index is 13.3. The number of aromatic nitrogens is 1. The molecular formula is C25H42ClN3O3S. The van der Waals surface area contributed by atoms with Gasteiger partial charge in [-0.25, -0.2) is 0 Å².